The number of ether oxygens (including phenoxy) is 1. The number of amides is 2. The van der Waals surface area contributed by atoms with Crippen molar-refractivity contribution in [2.75, 3.05) is 11.9 Å². The van der Waals surface area contributed by atoms with E-state index < -0.39 is 5.97 Å². The molecule has 1 N–H and O–H groups in total. The Bertz CT molecular complexity index is 815. The van der Waals surface area contributed by atoms with Crippen LogP contribution >= 0.6 is 11.3 Å². The van der Waals surface area contributed by atoms with Gasteiger partial charge in [-0.3, -0.25) is 0 Å². The molecule has 28 heavy (non-hydrogen) atoms. The SMILES string of the molecule is CCOC(=O)c1csc(CN(C(=O)Nc2cccc(C)c2)C2CCCCC2)n1. The molecule has 6 nitrogen and oxygen atoms in total. The largest absolute Gasteiger partial charge is 0.461 e. The number of rotatable bonds is 6. The highest BCUT2D eigenvalue weighted by Gasteiger charge is 2.27. The van der Waals surface area contributed by atoms with Crippen LogP contribution in [0.1, 0.15) is 60.1 Å². The number of esters is 1. The van der Waals surface area contributed by atoms with Crippen LogP contribution in [0.4, 0.5) is 10.5 Å². The monoisotopic (exact) mass is 401 g/mol. The van der Waals surface area contributed by atoms with Crippen molar-refractivity contribution in [2.24, 2.45) is 0 Å². The van der Waals surface area contributed by atoms with Crippen LogP contribution < -0.4 is 5.32 Å². The summed E-state index contributed by atoms with van der Waals surface area (Å²) in [6.45, 7) is 4.48. The van der Waals surface area contributed by atoms with Gasteiger partial charge < -0.3 is 15.0 Å². The van der Waals surface area contributed by atoms with Gasteiger partial charge in [-0.15, -0.1) is 11.3 Å². The zero-order chi connectivity index (χ0) is 19.9. The van der Waals surface area contributed by atoms with Crippen LogP contribution in [0.5, 0.6) is 0 Å². The van der Waals surface area contributed by atoms with E-state index in [-0.39, 0.29) is 12.1 Å². The third-order valence-corrected chi connectivity index (χ3v) is 5.72. The number of urea groups is 1. The molecule has 150 valence electrons. The van der Waals surface area contributed by atoms with Crippen molar-refractivity contribution in [1.29, 1.82) is 0 Å². The molecular formula is C21H27N3O3S. The fourth-order valence-corrected chi connectivity index (χ4v) is 4.27. The first-order valence-electron chi connectivity index (χ1n) is 9.82. The van der Waals surface area contributed by atoms with Crippen LogP contribution in [0.15, 0.2) is 29.6 Å². The van der Waals surface area contributed by atoms with E-state index >= 15 is 0 Å². The number of carbonyl (C=O) groups is 2. The Morgan fingerprint density at radius 2 is 2.07 bits per heavy atom. The number of benzene rings is 1. The molecule has 1 fully saturated rings. The summed E-state index contributed by atoms with van der Waals surface area (Å²) in [6, 6.07) is 7.85. The van der Waals surface area contributed by atoms with Gasteiger partial charge in [0, 0.05) is 17.1 Å². The quantitative estimate of drug-likeness (QED) is 0.692. The van der Waals surface area contributed by atoms with E-state index in [4.69, 9.17) is 4.74 Å². The molecular weight excluding hydrogens is 374 g/mol. The van der Waals surface area contributed by atoms with Crippen molar-refractivity contribution in [2.45, 2.75) is 58.5 Å². The summed E-state index contributed by atoms with van der Waals surface area (Å²) >= 11 is 1.39. The molecule has 7 heteroatoms. The minimum absolute atomic E-state index is 0.120. The summed E-state index contributed by atoms with van der Waals surface area (Å²) in [5, 5.41) is 5.47. The molecule has 0 unspecified atom stereocenters. The van der Waals surface area contributed by atoms with Crippen molar-refractivity contribution >= 4 is 29.0 Å². The van der Waals surface area contributed by atoms with Gasteiger partial charge in [0.05, 0.1) is 13.2 Å². The third kappa shape index (κ3) is 5.32. The number of aryl methyl sites for hydroxylation is 1. The first-order chi connectivity index (χ1) is 13.6. The standard InChI is InChI=1S/C21H27N3O3S/c1-3-27-20(25)18-14-28-19(23-18)13-24(17-10-5-4-6-11-17)21(26)22-16-9-7-8-15(2)12-16/h7-9,12,14,17H,3-6,10-11,13H2,1-2H3,(H,22,26). The average molecular weight is 402 g/mol. The maximum absolute atomic E-state index is 13.1. The number of hydrogen-bond donors (Lipinski definition) is 1. The van der Waals surface area contributed by atoms with E-state index in [1.165, 1.54) is 17.8 Å². The van der Waals surface area contributed by atoms with Crippen molar-refractivity contribution < 1.29 is 14.3 Å². The molecule has 0 bridgehead atoms. The minimum Gasteiger partial charge on any atom is -0.461 e. The normalized spacial score (nSPS) is 14.5. The third-order valence-electron chi connectivity index (χ3n) is 4.89. The molecule has 1 aliphatic rings. The van der Waals surface area contributed by atoms with Gasteiger partial charge in [0.15, 0.2) is 5.69 Å². The first kappa shape index (κ1) is 20.3. The summed E-state index contributed by atoms with van der Waals surface area (Å²) in [6.07, 6.45) is 5.47. The Hall–Kier alpha value is -2.41. The summed E-state index contributed by atoms with van der Waals surface area (Å²) in [4.78, 5) is 31.2. The smallest absolute Gasteiger partial charge is 0.357 e. The molecule has 0 spiro atoms. The molecule has 1 aromatic heterocycles. The van der Waals surface area contributed by atoms with Gasteiger partial charge in [-0.1, -0.05) is 31.4 Å². The van der Waals surface area contributed by atoms with E-state index in [0.717, 1.165) is 41.9 Å². The number of carbonyl (C=O) groups excluding carboxylic acids is 2. The zero-order valence-corrected chi connectivity index (χ0v) is 17.3. The van der Waals surface area contributed by atoms with Crippen molar-refractivity contribution in [3.63, 3.8) is 0 Å². The molecule has 2 amide bonds. The second-order valence-corrected chi connectivity index (χ2v) is 8.01. The highest BCUT2D eigenvalue weighted by Crippen LogP contribution is 2.26. The second-order valence-electron chi connectivity index (χ2n) is 7.07. The van der Waals surface area contributed by atoms with Crippen LogP contribution in [0.25, 0.3) is 0 Å². The number of anilines is 1. The summed E-state index contributed by atoms with van der Waals surface area (Å²) in [7, 11) is 0. The lowest BCUT2D eigenvalue weighted by atomic mass is 9.94. The van der Waals surface area contributed by atoms with E-state index in [0.29, 0.717) is 18.8 Å². The maximum Gasteiger partial charge on any atom is 0.357 e. The van der Waals surface area contributed by atoms with Crippen LogP contribution in [-0.2, 0) is 11.3 Å². The van der Waals surface area contributed by atoms with Crippen molar-refractivity contribution in [3.05, 3.63) is 45.9 Å². The Morgan fingerprint density at radius 1 is 1.29 bits per heavy atom. The number of aromatic nitrogens is 1. The molecule has 1 saturated carbocycles. The van der Waals surface area contributed by atoms with Gasteiger partial charge in [0.25, 0.3) is 0 Å². The predicted molar refractivity (Wildman–Crippen MR) is 111 cm³/mol. The Balaban J connectivity index is 1.75. The Labute approximate surface area is 169 Å². The number of thiazole rings is 1. The Kier molecular flexibility index (Phi) is 7.03. The van der Waals surface area contributed by atoms with Gasteiger partial charge in [0.1, 0.15) is 5.01 Å². The summed E-state index contributed by atoms with van der Waals surface area (Å²) in [5.41, 5.74) is 2.20. The van der Waals surface area contributed by atoms with Gasteiger partial charge in [-0.2, -0.15) is 0 Å². The van der Waals surface area contributed by atoms with Gasteiger partial charge in [-0.05, 0) is 44.4 Å². The fourth-order valence-electron chi connectivity index (χ4n) is 3.51. The fraction of sp³-hybridized carbons (Fsp3) is 0.476. The minimum atomic E-state index is -0.418. The van der Waals surface area contributed by atoms with Crippen molar-refractivity contribution in [1.82, 2.24) is 9.88 Å². The van der Waals surface area contributed by atoms with Crippen LogP contribution in [0, 0.1) is 6.92 Å². The predicted octanol–water partition coefficient (Wildman–Crippen LogP) is 5.00. The van der Waals surface area contributed by atoms with Crippen molar-refractivity contribution in [3.8, 4) is 0 Å². The number of hydrogen-bond acceptors (Lipinski definition) is 5. The first-order valence-corrected chi connectivity index (χ1v) is 10.7. The molecule has 0 aliphatic heterocycles. The van der Waals surface area contributed by atoms with Gasteiger partial charge >= 0.3 is 12.0 Å². The lowest BCUT2D eigenvalue weighted by Crippen LogP contribution is -2.43. The van der Waals surface area contributed by atoms with E-state index in [1.54, 1.807) is 12.3 Å². The molecule has 1 heterocycles. The van der Waals surface area contributed by atoms with Crippen LogP contribution in [-0.4, -0.2) is 34.5 Å². The van der Waals surface area contributed by atoms with Crippen LogP contribution in [0.2, 0.25) is 0 Å². The average Bonchev–Trinajstić information content (AvgIpc) is 3.16. The molecule has 2 aromatic rings. The van der Waals surface area contributed by atoms with E-state index in [1.807, 2.05) is 36.1 Å². The van der Waals surface area contributed by atoms with E-state index in [2.05, 4.69) is 10.3 Å². The molecule has 0 saturated heterocycles. The van der Waals surface area contributed by atoms with Crippen LogP contribution in [0.3, 0.4) is 0 Å². The molecule has 0 atom stereocenters. The lowest BCUT2D eigenvalue weighted by Gasteiger charge is -2.34. The highest BCUT2D eigenvalue weighted by molar-refractivity contribution is 7.09. The zero-order valence-electron chi connectivity index (χ0n) is 16.4. The molecule has 3 rings (SSSR count). The topological polar surface area (TPSA) is 71.5 Å². The maximum atomic E-state index is 13.1. The van der Waals surface area contributed by atoms with Gasteiger partial charge in [0.2, 0.25) is 0 Å². The lowest BCUT2D eigenvalue weighted by molar-refractivity contribution is 0.0520. The number of nitrogens with one attached hydrogen (secondary N) is 1. The van der Waals surface area contributed by atoms with Gasteiger partial charge in [-0.25, -0.2) is 14.6 Å². The number of nitrogens with zero attached hydrogens (tertiary/aromatic N) is 2. The van der Waals surface area contributed by atoms with E-state index in [9.17, 15) is 9.59 Å². The Morgan fingerprint density at radius 3 is 2.79 bits per heavy atom. The summed E-state index contributed by atoms with van der Waals surface area (Å²) in [5.74, 6) is -0.418. The second kappa shape index (κ2) is 9.68. The summed E-state index contributed by atoms with van der Waals surface area (Å²) < 4.78 is 5.01. The highest BCUT2D eigenvalue weighted by atomic mass is 32.1. The molecule has 1 aliphatic carbocycles. The molecule has 0 radical (unpaired) electrons. The molecule has 1 aromatic carbocycles.